The minimum Gasteiger partial charge on any atom is -0.372 e. The van der Waals surface area contributed by atoms with Gasteiger partial charge in [-0.15, -0.1) is 12.4 Å². The van der Waals surface area contributed by atoms with Gasteiger partial charge >= 0.3 is 0 Å². The maximum Gasteiger partial charge on any atom is 0.0398 e. The normalized spacial score (nSPS) is 10.7. The van der Waals surface area contributed by atoms with Gasteiger partial charge in [0.2, 0.25) is 0 Å². The molecule has 0 aliphatic carbocycles. The van der Waals surface area contributed by atoms with Crippen molar-refractivity contribution >= 4 is 18.1 Å². The van der Waals surface area contributed by atoms with Crippen molar-refractivity contribution < 1.29 is 0 Å². The molecule has 1 rings (SSSR count). The summed E-state index contributed by atoms with van der Waals surface area (Å²) >= 11 is 0. The molecule has 0 aliphatic rings. The van der Waals surface area contributed by atoms with E-state index in [0.717, 1.165) is 13.1 Å². The summed E-state index contributed by atoms with van der Waals surface area (Å²) in [7, 11) is 0. The number of para-hydroxylation sites is 1. The molecule has 0 saturated carbocycles. The summed E-state index contributed by atoms with van der Waals surface area (Å²) in [6.45, 7) is 9.02. The summed E-state index contributed by atoms with van der Waals surface area (Å²) in [5.74, 6) is 0. The molecule has 0 heterocycles. The van der Waals surface area contributed by atoms with Crippen LogP contribution in [0.15, 0.2) is 24.3 Å². The zero-order chi connectivity index (χ0) is 19.6. The average molecular weight is 410 g/mol. The van der Waals surface area contributed by atoms with Crippen molar-refractivity contribution in [2.75, 3.05) is 18.0 Å². The standard InChI is InChI=1S/C26H47N.ClH/c1-4-7-8-9-10-11-12-13-14-15-16-17-18-19-22-25-23-20-21-24-26(25)27(5-2)6-3;/h20-21,23-24H,4-19,22H2,1-3H3;1H. The Hall–Kier alpha value is -0.690. The first-order chi connectivity index (χ1) is 13.3. The van der Waals surface area contributed by atoms with Crippen LogP contribution in [0.5, 0.6) is 0 Å². The van der Waals surface area contributed by atoms with Gasteiger partial charge in [0.25, 0.3) is 0 Å². The summed E-state index contributed by atoms with van der Waals surface area (Å²) in [6, 6.07) is 9.01. The summed E-state index contributed by atoms with van der Waals surface area (Å²) in [6.07, 6.45) is 21.3. The Kier molecular flexibility index (Phi) is 19.1. The second-order valence-corrected chi connectivity index (χ2v) is 8.15. The number of unbranched alkanes of at least 4 members (excludes halogenated alkanes) is 13. The van der Waals surface area contributed by atoms with E-state index in [1.165, 1.54) is 102 Å². The highest BCUT2D eigenvalue weighted by atomic mass is 35.5. The Balaban J connectivity index is 0.00000729. The van der Waals surface area contributed by atoms with Crippen molar-refractivity contribution in [3.8, 4) is 0 Å². The Morgan fingerprint density at radius 3 is 1.46 bits per heavy atom. The second kappa shape index (κ2) is 19.6. The molecule has 164 valence electrons. The van der Waals surface area contributed by atoms with Crippen LogP contribution in [0.4, 0.5) is 5.69 Å². The van der Waals surface area contributed by atoms with Crippen LogP contribution in [0.2, 0.25) is 0 Å². The van der Waals surface area contributed by atoms with Crippen molar-refractivity contribution in [1.29, 1.82) is 0 Å². The van der Waals surface area contributed by atoms with Gasteiger partial charge in [-0.05, 0) is 38.3 Å². The lowest BCUT2D eigenvalue weighted by Crippen LogP contribution is -2.23. The number of rotatable bonds is 18. The number of benzene rings is 1. The molecular formula is C26H48ClN. The lowest BCUT2D eigenvalue weighted by atomic mass is 10.0. The van der Waals surface area contributed by atoms with Crippen LogP contribution in [-0.2, 0) is 6.42 Å². The Bertz CT molecular complexity index is 442. The molecule has 0 radical (unpaired) electrons. The van der Waals surface area contributed by atoms with Gasteiger partial charge in [0.1, 0.15) is 0 Å². The third-order valence-corrected chi connectivity index (χ3v) is 5.90. The fourth-order valence-electron chi connectivity index (χ4n) is 4.11. The first-order valence-electron chi connectivity index (χ1n) is 12.2. The molecule has 0 amide bonds. The van der Waals surface area contributed by atoms with Gasteiger partial charge in [0.05, 0.1) is 0 Å². The number of hydrogen-bond acceptors (Lipinski definition) is 1. The van der Waals surface area contributed by atoms with Crippen molar-refractivity contribution in [3.05, 3.63) is 29.8 Å². The monoisotopic (exact) mass is 409 g/mol. The lowest BCUT2D eigenvalue weighted by molar-refractivity contribution is 0.535. The zero-order valence-corrected chi connectivity index (χ0v) is 20.0. The van der Waals surface area contributed by atoms with Gasteiger partial charge in [0.15, 0.2) is 0 Å². The number of nitrogens with zero attached hydrogens (tertiary/aromatic N) is 1. The van der Waals surface area contributed by atoms with Crippen LogP contribution in [-0.4, -0.2) is 13.1 Å². The number of hydrogen-bond donors (Lipinski definition) is 0. The predicted molar refractivity (Wildman–Crippen MR) is 131 cm³/mol. The number of anilines is 1. The molecule has 0 aromatic heterocycles. The molecule has 0 aliphatic heterocycles. The third kappa shape index (κ3) is 12.7. The lowest BCUT2D eigenvalue weighted by Gasteiger charge is -2.24. The minimum atomic E-state index is 0. The largest absolute Gasteiger partial charge is 0.372 e. The molecule has 1 aromatic carbocycles. The van der Waals surface area contributed by atoms with E-state index in [9.17, 15) is 0 Å². The number of halogens is 1. The fraction of sp³-hybridized carbons (Fsp3) is 0.769. The number of aryl methyl sites for hydroxylation is 1. The molecule has 0 atom stereocenters. The van der Waals surface area contributed by atoms with Crippen molar-refractivity contribution in [2.45, 2.75) is 117 Å². The summed E-state index contributed by atoms with van der Waals surface area (Å²) in [5, 5.41) is 0. The first kappa shape index (κ1) is 27.3. The van der Waals surface area contributed by atoms with Crippen LogP contribution in [0.25, 0.3) is 0 Å². The van der Waals surface area contributed by atoms with Gasteiger partial charge in [0, 0.05) is 18.8 Å². The van der Waals surface area contributed by atoms with Crippen molar-refractivity contribution in [1.82, 2.24) is 0 Å². The summed E-state index contributed by atoms with van der Waals surface area (Å²) in [4.78, 5) is 2.49. The van der Waals surface area contributed by atoms with E-state index in [2.05, 4.69) is 49.9 Å². The molecule has 0 fully saturated rings. The molecule has 1 aromatic rings. The van der Waals surface area contributed by atoms with E-state index in [-0.39, 0.29) is 12.4 Å². The topological polar surface area (TPSA) is 3.24 Å². The maximum atomic E-state index is 2.49. The van der Waals surface area contributed by atoms with Crippen molar-refractivity contribution in [3.63, 3.8) is 0 Å². The van der Waals surface area contributed by atoms with Crippen LogP contribution in [0, 0.1) is 0 Å². The summed E-state index contributed by atoms with van der Waals surface area (Å²) < 4.78 is 0. The third-order valence-electron chi connectivity index (χ3n) is 5.90. The Labute approximate surface area is 183 Å². The maximum absolute atomic E-state index is 2.49. The highest BCUT2D eigenvalue weighted by Crippen LogP contribution is 2.22. The van der Waals surface area contributed by atoms with Crippen LogP contribution in [0.3, 0.4) is 0 Å². The minimum absolute atomic E-state index is 0. The molecular weight excluding hydrogens is 362 g/mol. The molecule has 0 spiro atoms. The molecule has 0 saturated heterocycles. The van der Waals surface area contributed by atoms with E-state index in [1.807, 2.05) is 0 Å². The highest BCUT2D eigenvalue weighted by Gasteiger charge is 2.07. The van der Waals surface area contributed by atoms with Crippen molar-refractivity contribution in [2.24, 2.45) is 0 Å². The van der Waals surface area contributed by atoms with Crippen LogP contribution >= 0.6 is 12.4 Å². The molecule has 1 nitrogen and oxygen atoms in total. The van der Waals surface area contributed by atoms with Gasteiger partial charge in [-0.3, -0.25) is 0 Å². The van der Waals surface area contributed by atoms with Gasteiger partial charge in [-0.25, -0.2) is 0 Å². The quantitative estimate of drug-likeness (QED) is 0.218. The zero-order valence-electron chi connectivity index (χ0n) is 19.2. The molecule has 0 bridgehead atoms. The van der Waals surface area contributed by atoms with E-state index in [0.29, 0.717) is 0 Å². The SMILES string of the molecule is CCCCCCCCCCCCCCCCc1ccccc1N(CC)CC.Cl. The first-order valence-corrected chi connectivity index (χ1v) is 12.2. The van der Waals surface area contributed by atoms with Crippen LogP contribution in [0.1, 0.15) is 116 Å². The second-order valence-electron chi connectivity index (χ2n) is 8.15. The fourth-order valence-corrected chi connectivity index (χ4v) is 4.11. The van der Waals surface area contributed by atoms with Gasteiger partial charge < -0.3 is 4.90 Å². The predicted octanol–water partition coefficient (Wildman–Crippen LogP) is 8.98. The molecule has 0 unspecified atom stereocenters. The molecule has 28 heavy (non-hydrogen) atoms. The van der Waals surface area contributed by atoms with Gasteiger partial charge in [-0.2, -0.15) is 0 Å². The average Bonchev–Trinajstić information content (AvgIpc) is 2.70. The smallest absolute Gasteiger partial charge is 0.0398 e. The van der Waals surface area contributed by atoms with Gasteiger partial charge in [-0.1, -0.05) is 109 Å². The molecule has 0 N–H and O–H groups in total. The van der Waals surface area contributed by atoms with E-state index >= 15 is 0 Å². The van der Waals surface area contributed by atoms with Crippen LogP contribution < -0.4 is 4.90 Å². The molecule has 2 heteroatoms. The van der Waals surface area contributed by atoms with E-state index < -0.39 is 0 Å². The highest BCUT2D eigenvalue weighted by molar-refractivity contribution is 5.85. The Morgan fingerprint density at radius 1 is 0.571 bits per heavy atom. The summed E-state index contributed by atoms with van der Waals surface area (Å²) in [5.41, 5.74) is 3.00. The van der Waals surface area contributed by atoms with E-state index in [4.69, 9.17) is 0 Å². The Morgan fingerprint density at radius 2 is 1.00 bits per heavy atom. The van der Waals surface area contributed by atoms with E-state index in [1.54, 1.807) is 5.56 Å².